The summed E-state index contributed by atoms with van der Waals surface area (Å²) in [5, 5.41) is 0. The van der Waals surface area contributed by atoms with Crippen LogP contribution in [0, 0.1) is 0 Å². The summed E-state index contributed by atoms with van der Waals surface area (Å²) in [6.45, 7) is 0. The number of nitrogens with zero attached hydrogens (tertiary/aromatic N) is 1. The molecule has 8 nitrogen and oxygen atoms in total. The molecule has 1 heterocycles. The molecule has 1 aliphatic heterocycles. The minimum Gasteiger partial charge on any atom is -0.464 e. The standard InChI is InChI=1S/C12H10F3NO7S2/c1-16-9(11(17)22-2)10(23-25(20,21)12(13,14)15)7-5-3-4-6-8(7)24(16,18)19/h3-6H,1-2H3. The molecule has 0 bridgehead atoms. The second-order valence-electron chi connectivity index (χ2n) is 4.62. The van der Waals surface area contributed by atoms with E-state index in [-0.39, 0.29) is 0 Å². The number of hydrogen-bond donors (Lipinski definition) is 0. The minimum atomic E-state index is -6.16. The Morgan fingerprint density at radius 3 is 2.28 bits per heavy atom. The molecule has 0 aromatic heterocycles. The first kappa shape index (κ1) is 19.1. The van der Waals surface area contributed by atoms with Gasteiger partial charge in [-0.1, -0.05) is 12.1 Å². The normalized spacial score (nSPS) is 17.1. The minimum absolute atomic E-state index is 0.294. The summed E-state index contributed by atoms with van der Waals surface area (Å²) >= 11 is 0. The molecule has 1 aromatic carbocycles. The van der Waals surface area contributed by atoms with E-state index < -0.39 is 53.5 Å². The average Bonchev–Trinajstić information content (AvgIpc) is 2.51. The molecule has 0 radical (unpaired) electrons. The second-order valence-corrected chi connectivity index (χ2v) is 8.10. The van der Waals surface area contributed by atoms with Crippen molar-refractivity contribution in [3.05, 3.63) is 35.5 Å². The van der Waals surface area contributed by atoms with E-state index in [1.165, 1.54) is 12.1 Å². The lowest BCUT2D eigenvalue weighted by Crippen LogP contribution is -2.37. The number of hydrogen-bond acceptors (Lipinski definition) is 7. The van der Waals surface area contributed by atoms with Gasteiger partial charge in [-0.15, -0.1) is 0 Å². The van der Waals surface area contributed by atoms with E-state index in [9.17, 15) is 34.8 Å². The predicted octanol–water partition coefficient (Wildman–Crippen LogP) is 1.03. The van der Waals surface area contributed by atoms with E-state index in [4.69, 9.17) is 0 Å². The molecule has 0 saturated heterocycles. The highest BCUT2D eigenvalue weighted by molar-refractivity contribution is 7.89. The third-order valence-corrected chi connectivity index (χ3v) is 5.92. The van der Waals surface area contributed by atoms with Crippen LogP contribution in [-0.4, -0.2) is 46.8 Å². The number of sulfonamides is 1. The van der Waals surface area contributed by atoms with Crippen molar-refractivity contribution in [3.63, 3.8) is 0 Å². The zero-order chi connectivity index (χ0) is 19.2. The van der Waals surface area contributed by atoms with Crippen LogP contribution in [0.15, 0.2) is 34.9 Å². The Morgan fingerprint density at radius 1 is 1.20 bits per heavy atom. The largest absolute Gasteiger partial charge is 0.534 e. The lowest BCUT2D eigenvalue weighted by atomic mass is 10.1. The molecular weight excluding hydrogens is 391 g/mol. The Hall–Kier alpha value is -2.28. The summed E-state index contributed by atoms with van der Waals surface area (Å²) in [4.78, 5) is 11.3. The van der Waals surface area contributed by atoms with E-state index in [2.05, 4.69) is 8.92 Å². The quantitative estimate of drug-likeness (QED) is 0.423. The first-order chi connectivity index (χ1) is 11.3. The number of likely N-dealkylation sites (N-methyl/N-ethyl adjacent to an activating group) is 1. The highest BCUT2D eigenvalue weighted by Crippen LogP contribution is 2.39. The van der Waals surface area contributed by atoms with E-state index in [0.29, 0.717) is 4.31 Å². The molecule has 0 N–H and O–H groups in total. The smallest absolute Gasteiger partial charge is 0.464 e. The summed E-state index contributed by atoms with van der Waals surface area (Å²) in [7, 11) is -8.81. The van der Waals surface area contributed by atoms with Crippen molar-refractivity contribution in [2.24, 2.45) is 0 Å². The number of esters is 1. The van der Waals surface area contributed by atoms with E-state index in [1.54, 1.807) is 0 Å². The first-order valence-electron chi connectivity index (χ1n) is 6.26. The van der Waals surface area contributed by atoms with Crippen molar-refractivity contribution < 1.29 is 43.7 Å². The fraction of sp³-hybridized carbons (Fsp3) is 0.250. The van der Waals surface area contributed by atoms with Gasteiger partial charge >= 0.3 is 21.6 Å². The third-order valence-electron chi connectivity index (χ3n) is 3.16. The zero-order valence-electron chi connectivity index (χ0n) is 12.6. The van der Waals surface area contributed by atoms with Crippen molar-refractivity contribution in [2.75, 3.05) is 14.2 Å². The molecule has 1 aromatic rings. The topological polar surface area (TPSA) is 107 Å². The summed E-state index contributed by atoms with van der Waals surface area (Å²) in [5.41, 5.74) is -7.31. The SMILES string of the molecule is COC(=O)C1=C(OS(=O)(=O)C(F)(F)F)c2ccccc2S(=O)(=O)N1C. The van der Waals surface area contributed by atoms with Crippen LogP contribution in [0.1, 0.15) is 5.56 Å². The van der Waals surface area contributed by atoms with Crippen molar-refractivity contribution in [1.29, 1.82) is 0 Å². The maximum Gasteiger partial charge on any atom is 0.534 e. The number of carbonyl (C=O) groups excluding carboxylic acids is 1. The van der Waals surface area contributed by atoms with E-state index >= 15 is 0 Å². The van der Waals surface area contributed by atoms with Gasteiger partial charge in [0.05, 0.1) is 12.0 Å². The highest BCUT2D eigenvalue weighted by atomic mass is 32.2. The van der Waals surface area contributed by atoms with E-state index in [0.717, 1.165) is 26.3 Å². The third kappa shape index (κ3) is 3.04. The van der Waals surface area contributed by atoms with Crippen LogP contribution >= 0.6 is 0 Å². The monoisotopic (exact) mass is 401 g/mol. The lowest BCUT2D eigenvalue weighted by Gasteiger charge is -2.29. The maximum atomic E-state index is 12.6. The molecule has 138 valence electrons. The summed E-state index contributed by atoms with van der Waals surface area (Å²) in [6.07, 6.45) is 0. The van der Waals surface area contributed by atoms with Crippen LogP contribution in [-0.2, 0) is 33.9 Å². The van der Waals surface area contributed by atoms with Gasteiger partial charge in [-0.2, -0.15) is 21.6 Å². The number of rotatable bonds is 3. The Morgan fingerprint density at radius 2 is 1.76 bits per heavy atom. The van der Waals surface area contributed by atoms with Crippen LogP contribution in [0.3, 0.4) is 0 Å². The Kier molecular flexibility index (Phi) is 4.50. The Balaban J connectivity index is 2.85. The lowest BCUT2D eigenvalue weighted by molar-refractivity contribution is -0.137. The van der Waals surface area contributed by atoms with Crippen molar-refractivity contribution in [1.82, 2.24) is 4.31 Å². The molecule has 0 spiro atoms. The Bertz CT molecular complexity index is 965. The van der Waals surface area contributed by atoms with Gasteiger partial charge in [0.25, 0.3) is 10.0 Å². The van der Waals surface area contributed by atoms with Crippen LogP contribution in [0.25, 0.3) is 5.76 Å². The summed E-state index contributed by atoms with van der Waals surface area (Å²) < 4.78 is 94.1. The molecule has 13 heteroatoms. The summed E-state index contributed by atoms with van der Waals surface area (Å²) in [6, 6.07) is 4.53. The number of alkyl halides is 3. The van der Waals surface area contributed by atoms with Gasteiger partial charge in [-0.05, 0) is 12.1 Å². The number of halogens is 3. The number of ether oxygens (including phenoxy) is 1. The van der Waals surface area contributed by atoms with Crippen molar-refractivity contribution >= 4 is 31.9 Å². The molecule has 2 rings (SSSR count). The molecule has 0 atom stereocenters. The molecule has 0 aliphatic carbocycles. The van der Waals surface area contributed by atoms with Gasteiger partial charge in [0.15, 0.2) is 11.5 Å². The number of benzene rings is 1. The van der Waals surface area contributed by atoms with Crippen LogP contribution in [0.4, 0.5) is 13.2 Å². The van der Waals surface area contributed by atoms with Gasteiger partial charge in [0, 0.05) is 12.6 Å². The molecule has 0 unspecified atom stereocenters. The van der Waals surface area contributed by atoms with Crippen molar-refractivity contribution in [3.8, 4) is 0 Å². The first-order valence-corrected chi connectivity index (χ1v) is 9.11. The number of carbonyl (C=O) groups is 1. The van der Waals surface area contributed by atoms with Gasteiger partial charge in [0.2, 0.25) is 0 Å². The fourth-order valence-corrected chi connectivity index (χ4v) is 3.84. The summed E-state index contributed by atoms with van der Waals surface area (Å²) in [5.74, 6) is -2.50. The van der Waals surface area contributed by atoms with E-state index in [1.807, 2.05) is 0 Å². The molecule has 0 amide bonds. The zero-order valence-corrected chi connectivity index (χ0v) is 14.2. The van der Waals surface area contributed by atoms with Gasteiger partial charge < -0.3 is 8.92 Å². The molecule has 0 fully saturated rings. The fourth-order valence-electron chi connectivity index (χ4n) is 1.98. The van der Waals surface area contributed by atoms with Crippen LogP contribution < -0.4 is 0 Å². The van der Waals surface area contributed by atoms with Gasteiger partial charge in [-0.3, -0.25) is 4.31 Å². The average molecular weight is 401 g/mol. The van der Waals surface area contributed by atoms with Crippen LogP contribution in [0.5, 0.6) is 0 Å². The molecular formula is C12H10F3NO7S2. The maximum absolute atomic E-state index is 12.6. The molecule has 25 heavy (non-hydrogen) atoms. The molecule has 0 saturated carbocycles. The number of methoxy groups -OCH3 is 1. The second kappa shape index (κ2) is 5.91. The van der Waals surface area contributed by atoms with Gasteiger partial charge in [-0.25, -0.2) is 13.2 Å². The highest BCUT2D eigenvalue weighted by Gasteiger charge is 2.51. The Labute approximate surface area is 140 Å². The van der Waals surface area contributed by atoms with Crippen molar-refractivity contribution in [2.45, 2.75) is 10.4 Å². The van der Waals surface area contributed by atoms with Gasteiger partial charge in [0.1, 0.15) is 0 Å². The number of fused-ring (bicyclic) bond motifs is 1. The van der Waals surface area contributed by atoms with Crippen LogP contribution in [0.2, 0.25) is 0 Å². The molecule has 1 aliphatic rings. The predicted molar refractivity (Wildman–Crippen MR) is 76.4 cm³/mol.